The van der Waals surface area contributed by atoms with E-state index in [2.05, 4.69) is 72.0 Å². The summed E-state index contributed by atoms with van der Waals surface area (Å²) in [6.07, 6.45) is 3.55. The highest BCUT2D eigenvalue weighted by Crippen LogP contribution is 2.19. The average Bonchev–Trinajstić information content (AvgIpc) is 2.52. The highest BCUT2D eigenvalue weighted by molar-refractivity contribution is 5.66. The molecule has 1 aromatic carbocycles. The molecule has 1 aromatic rings. The lowest BCUT2D eigenvalue weighted by atomic mass is 10.0. The highest BCUT2D eigenvalue weighted by atomic mass is 15.5. The van der Waals surface area contributed by atoms with Crippen molar-refractivity contribution in [2.24, 2.45) is 11.0 Å². The predicted molar refractivity (Wildman–Crippen MR) is 91.4 cm³/mol. The van der Waals surface area contributed by atoms with E-state index in [0.29, 0.717) is 5.92 Å². The molecule has 0 amide bonds. The standard InChI is InChI=1S/C18H27N3/c1-16(2)9-10-18(17-7-5-4-6-8-17)15-20-11-13-21(19-3)14-12-20/h4-8,10,16H,3,9,11-15H2,1-2H3/b18-10-. The van der Waals surface area contributed by atoms with Crippen LogP contribution in [0.2, 0.25) is 0 Å². The van der Waals surface area contributed by atoms with Crippen LogP contribution in [-0.2, 0) is 0 Å². The monoisotopic (exact) mass is 285 g/mol. The fraction of sp³-hybridized carbons (Fsp3) is 0.500. The molecule has 1 heterocycles. The van der Waals surface area contributed by atoms with E-state index >= 15 is 0 Å². The summed E-state index contributed by atoms with van der Waals surface area (Å²) < 4.78 is 0. The van der Waals surface area contributed by atoms with E-state index in [0.717, 1.165) is 39.1 Å². The Balaban J connectivity index is 2.03. The van der Waals surface area contributed by atoms with Crippen molar-refractivity contribution in [1.82, 2.24) is 9.91 Å². The van der Waals surface area contributed by atoms with Gasteiger partial charge in [0.15, 0.2) is 0 Å². The lowest BCUT2D eigenvalue weighted by Gasteiger charge is -2.33. The van der Waals surface area contributed by atoms with Gasteiger partial charge in [0.1, 0.15) is 0 Å². The van der Waals surface area contributed by atoms with Gasteiger partial charge in [-0.3, -0.25) is 9.91 Å². The maximum atomic E-state index is 4.02. The molecule has 0 N–H and O–H groups in total. The zero-order chi connectivity index (χ0) is 15.1. The molecule has 0 aliphatic carbocycles. The highest BCUT2D eigenvalue weighted by Gasteiger charge is 2.16. The lowest BCUT2D eigenvalue weighted by molar-refractivity contribution is 0.149. The Labute approximate surface area is 129 Å². The van der Waals surface area contributed by atoms with Crippen LogP contribution in [-0.4, -0.2) is 49.4 Å². The van der Waals surface area contributed by atoms with Crippen molar-refractivity contribution in [2.75, 3.05) is 32.7 Å². The van der Waals surface area contributed by atoms with Gasteiger partial charge in [0.2, 0.25) is 0 Å². The first-order valence-electron chi connectivity index (χ1n) is 7.87. The van der Waals surface area contributed by atoms with E-state index in [1.807, 2.05) is 0 Å². The summed E-state index contributed by atoms with van der Waals surface area (Å²) in [4.78, 5) is 2.51. The molecule has 0 saturated carbocycles. The Bertz CT molecular complexity index is 457. The van der Waals surface area contributed by atoms with Gasteiger partial charge >= 0.3 is 0 Å². The predicted octanol–water partition coefficient (Wildman–Crippen LogP) is 3.35. The molecule has 0 unspecified atom stereocenters. The van der Waals surface area contributed by atoms with Crippen molar-refractivity contribution >= 4 is 12.3 Å². The van der Waals surface area contributed by atoms with Gasteiger partial charge in [-0.25, -0.2) is 0 Å². The van der Waals surface area contributed by atoms with Gasteiger partial charge in [-0.1, -0.05) is 50.3 Å². The van der Waals surface area contributed by atoms with E-state index < -0.39 is 0 Å². The Kier molecular flexibility index (Phi) is 6.00. The van der Waals surface area contributed by atoms with Crippen molar-refractivity contribution in [2.45, 2.75) is 20.3 Å². The normalized spacial score (nSPS) is 17.3. The number of nitrogens with zero attached hydrogens (tertiary/aromatic N) is 3. The molecule has 0 atom stereocenters. The Morgan fingerprint density at radius 2 is 1.86 bits per heavy atom. The molecule has 2 rings (SSSR count). The van der Waals surface area contributed by atoms with Crippen LogP contribution in [0, 0.1) is 5.92 Å². The molecule has 1 aliphatic rings. The second-order valence-electron chi connectivity index (χ2n) is 6.10. The third-order valence-electron chi connectivity index (χ3n) is 3.92. The topological polar surface area (TPSA) is 18.8 Å². The van der Waals surface area contributed by atoms with Crippen LogP contribution in [0.5, 0.6) is 0 Å². The van der Waals surface area contributed by atoms with Gasteiger partial charge in [-0.15, -0.1) is 0 Å². The first-order valence-corrected chi connectivity index (χ1v) is 7.87. The minimum atomic E-state index is 0.700. The van der Waals surface area contributed by atoms with Crippen LogP contribution in [0.3, 0.4) is 0 Å². The number of piperazine rings is 1. The summed E-state index contributed by atoms with van der Waals surface area (Å²) in [5.41, 5.74) is 2.80. The molecule has 1 fully saturated rings. The van der Waals surface area contributed by atoms with Crippen molar-refractivity contribution in [1.29, 1.82) is 0 Å². The quantitative estimate of drug-likeness (QED) is 0.746. The summed E-state index contributed by atoms with van der Waals surface area (Å²) in [5, 5.41) is 6.07. The molecular weight excluding hydrogens is 258 g/mol. The number of hydrogen-bond donors (Lipinski definition) is 0. The molecular formula is C18H27N3. The van der Waals surface area contributed by atoms with Crippen molar-refractivity contribution < 1.29 is 0 Å². The molecule has 0 radical (unpaired) electrons. The number of rotatable bonds is 6. The molecule has 0 spiro atoms. The van der Waals surface area contributed by atoms with Gasteiger partial charge in [-0.05, 0) is 23.5 Å². The van der Waals surface area contributed by atoms with Gasteiger partial charge < -0.3 is 0 Å². The van der Waals surface area contributed by atoms with E-state index in [-0.39, 0.29) is 0 Å². The van der Waals surface area contributed by atoms with Gasteiger partial charge in [0, 0.05) is 39.4 Å². The van der Waals surface area contributed by atoms with Crippen LogP contribution >= 0.6 is 0 Å². The third-order valence-corrected chi connectivity index (χ3v) is 3.92. The van der Waals surface area contributed by atoms with Crippen LogP contribution < -0.4 is 0 Å². The third kappa shape index (κ3) is 5.01. The van der Waals surface area contributed by atoms with E-state index in [1.165, 1.54) is 11.1 Å². The van der Waals surface area contributed by atoms with Gasteiger partial charge in [0.05, 0.1) is 0 Å². The molecule has 114 valence electrons. The molecule has 0 bridgehead atoms. The van der Waals surface area contributed by atoms with Crippen LogP contribution in [0.1, 0.15) is 25.8 Å². The van der Waals surface area contributed by atoms with E-state index in [9.17, 15) is 0 Å². The zero-order valence-corrected chi connectivity index (χ0v) is 13.3. The maximum absolute atomic E-state index is 4.02. The summed E-state index contributed by atoms with van der Waals surface area (Å²) in [5.74, 6) is 0.700. The SMILES string of the molecule is C=NN1CCN(C/C(=C/CC(C)C)c2ccccc2)CC1. The number of benzene rings is 1. The minimum Gasteiger partial charge on any atom is -0.295 e. The molecule has 21 heavy (non-hydrogen) atoms. The summed E-state index contributed by atoms with van der Waals surface area (Å²) >= 11 is 0. The molecule has 0 aromatic heterocycles. The maximum Gasteiger partial charge on any atom is 0.0488 e. The number of allylic oxidation sites excluding steroid dienone is 1. The smallest absolute Gasteiger partial charge is 0.0488 e. The molecule has 3 nitrogen and oxygen atoms in total. The summed E-state index contributed by atoms with van der Waals surface area (Å²) in [6, 6.07) is 10.8. The molecule has 3 heteroatoms. The Hall–Kier alpha value is -1.61. The van der Waals surface area contributed by atoms with Crippen molar-refractivity contribution in [3.05, 3.63) is 42.0 Å². The zero-order valence-electron chi connectivity index (χ0n) is 13.3. The first kappa shape index (κ1) is 15.8. The fourth-order valence-electron chi connectivity index (χ4n) is 2.58. The second kappa shape index (κ2) is 7.99. The van der Waals surface area contributed by atoms with E-state index in [4.69, 9.17) is 0 Å². The van der Waals surface area contributed by atoms with Crippen LogP contribution in [0.4, 0.5) is 0 Å². The van der Waals surface area contributed by atoms with Crippen molar-refractivity contribution in [3.63, 3.8) is 0 Å². The Morgan fingerprint density at radius 1 is 1.19 bits per heavy atom. The minimum absolute atomic E-state index is 0.700. The molecule has 1 aliphatic heterocycles. The number of hydrazone groups is 1. The van der Waals surface area contributed by atoms with Gasteiger partial charge in [-0.2, -0.15) is 5.10 Å². The first-order chi connectivity index (χ1) is 10.2. The largest absolute Gasteiger partial charge is 0.295 e. The lowest BCUT2D eigenvalue weighted by Crippen LogP contribution is -2.44. The van der Waals surface area contributed by atoms with Crippen LogP contribution in [0.25, 0.3) is 5.57 Å². The Morgan fingerprint density at radius 3 is 2.43 bits per heavy atom. The fourth-order valence-corrected chi connectivity index (χ4v) is 2.58. The number of hydrogen-bond acceptors (Lipinski definition) is 3. The second-order valence-corrected chi connectivity index (χ2v) is 6.10. The average molecular weight is 285 g/mol. The van der Waals surface area contributed by atoms with Gasteiger partial charge in [0.25, 0.3) is 0 Å². The summed E-state index contributed by atoms with van der Waals surface area (Å²) in [7, 11) is 0. The van der Waals surface area contributed by atoms with Crippen molar-refractivity contribution in [3.8, 4) is 0 Å². The van der Waals surface area contributed by atoms with Crippen LogP contribution in [0.15, 0.2) is 41.5 Å². The summed E-state index contributed by atoms with van der Waals surface area (Å²) in [6.45, 7) is 13.3. The van der Waals surface area contributed by atoms with E-state index in [1.54, 1.807) is 0 Å². The molecule has 1 saturated heterocycles.